The van der Waals surface area contributed by atoms with Crippen LogP contribution in [0.3, 0.4) is 0 Å². The van der Waals surface area contributed by atoms with E-state index in [0.717, 1.165) is 35.7 Å². The average Bonchev–Trinajstić information content (AvgIpc) is 3.27. The van der Waals surface area contributed by atoms with Gasteiger partial charge in [0.1, 0.15) is 0 Å². The first-order valence-electron chi connectivity index (χ1n) is 13.4. The molecule has 4 N–H and O–H groups in total. The van der Waals surface area contributed by atoms with Crippen LogP contribution in [0, 0.1) is 11.8 Å². The number of piperidine rings is 2. The number of carbonyl (C=O) groups excluding carboxylic acids is 1. The van der Waals surface area contributed by atoms with Crippen molar-refractivity contribution in [2.24, 2.45) is 11.8 Å². The van der Waals surface area contributed by atoms with Crippen LogP contribution in [0.25, 0.3) is 5.65 Å². The smallest absolute Gasteiger partial charge is 0.251 e. The maximum atomic E-state index is 12.6. The van der Waals surface area contributed by atoms with Gasteiger partial charge in [0.25, 0.3) is 5.91 Å². The fourth-order valence-electron chi connectivity index (χ4n) is 6.06. The van der Waals surface area contributed by atoms with E-state index in [2.05, 4.69) is 25.9 Å². The maximum absolute atomic E-state index is 12.6. The number of hydrogen-bond donors (Lipinski definition) is 4. The Balaban J connectivity index is 1.02. The Kier molecular flexibility index (Phi) is 5.95. The lowest BCUT2D eigenvalue weighted by molar-refractivity contribution is 0.0118. The number of fused-ring (bicyclic) bond motifs is 2. The number of halogens is 1. The fourth-order valence-corrected chi connectivity index (χ4v) is 6.19. The zero-order valence-corrected chi connectivity index (χ0v) is 22.1. The number of aromatic nitrogens is 3. The number of anilines is 3. The SMILES string of the molecule is O=C(N[C@H]1[C@@H]2CNC[C@@H]21)c1ccc(Nc2nc3c(N4CCC(O)(c5ccc(Cl)cc5)CC4)cccn3n2)cc1. The van der Waals surface area contributed by atoms with E-state index in [1.165, 1.54) is 0 Å². The van der Waals surface area contributed by atoms with Crippen molar-refractivity contribution >= 4 is 40.5 Å². The maximum Gasteiger partial charge on any atom is 0.251 e. The molecule has 1 saturated carbocycles. The van der Waals surface area contributed by atoms with E-state index in [9.17, 15) is 9.90 Å². The van der Waals surface area contributed by atoms with Crippen LogP contribution in [0.15, 0.2) is 66.9 Å². The lowest BCUT2D eigenvalue weighted by Crippen LogP contribution is -2.42. The summed E-state index contributed by atoms with van der Waals surface area (Å²) in [6.45, 7) is 3.37. The Bertz CT molecular complexity index is 1500. The number of amides is 1. The van der Waals surface area contributed by atoms with E-state index < -0.39 is 5.60 Å². The summed E-state index contributed by atoms with van der Waals surface area (Å²) in [5.41, 5.74) is 3.20. The van der Waals surface area contributed by atoms with Gasteiger partial charge in [0.15, 0.2) is 5.65 Å². The zero-order valence-electron chi connectivity index (χ0n) is 21.3. The number of benzene rings is 2. The lowest BCUT2D eigenvalue weighted by atomic mass is 9.84. The van der Waals surface area contributed by atoms with Gasteiger partial charge in [-0.25, -0.2) is 4.52 Å². The van der Waals surface area contributed by atoms with Crippen LogP contribution in [0.2, 0.25) is 5.02 Å². The molecule has 0 unspecified atom stereocenters. The number of carbonyl (C=O) groups is 1. The number of hydrogen-bond acceptors (Lipinski definition) is 7. The van der Waals surface area contributed by atoms with Crippen LogP contribution in [-0.2, 0) is 5.60 Å². The van der Waals surface area contributed by atoms with Gasteiger partial charge < -0.3 is 26.0 Å². The number of aliphatic hydroxyl groups is 1. The van der Waals surface area contributed by atoms with E-state index in [1.54, 1.807) is 4.52 Å². The molecule has 10 heteroatoms. The van der Waals surface area contributed by atoms with Gasteiger partial charge in [0.05, 0.1) is 11.3 Å². The monoisotopic (exact) mass is 543 g/mol. The topological polar surface area (TPSA) is 107 Å². The first kappa shape index (κ1) is 24.4. The largest absolute Gasteiger partial charge is 0.385 e. The second-order valence-electron chi connectivity index (χ2n) is 10.8. The van der Waals surface area contributed by atoms with Gasteiger partial charge >= 0.3 is 0 Å². The summed E-state index contributed by atoms with van der Waals surface area (Å²) >= 11 is 6.03. The van der Waals surface area contributed by atoms with Gasteiger partial charge in [-0.3, -0.25) is 4.79 Å². The van der Waals surface area contributed by atoms with E-state index >= 15 is 0 Å². The van der Waals surface area contributed by atoms with Gasteiger partial charge in [0, 0.05) is 54.7 Å². The summed E-state index contributed by atoms with van der Waals surface area (Å²) in [6, 6.07) is 19.2. The Morgan fingerprint density at radius 3 is 2.46 bits per heavy atom. The van der Waals surface area contributed by atoms with Crippen LogP contribution in [0.4, 0.5) is 17.3 Å². The highest BCUT2D eigenvalue weighted by Crippen LogP contribution is 2.41. The van der Waals surface area contributed by atoms with Crippen molar-refractivity contribution in [2.75, 3.05) is 36.4 Å². The molecule has 4 heterocycles. The predicted octanol–water partition coefficient (Wildman–Crippen LogP) is 3.56. The molecule has 0 radical (unpaired) electrons. The molecule has 2 aromatic heterocycles. The van der Waals surface area contributed by atoms with Crippen molar-refractivity contribution in [1.29, 1.82) is 0 Å². The molecule has 9 nitrogen and oxygen atoms in total. The minimum Gasteiger partial charge on any atom is -0.385 e. The summed E-state index contributed by atoms with van der Waals surface area (Å²) in [5, 5.41) is 26.3. The predicted molar refractivity (Wildman–Crippen MR) is 151 cm³/mol. The summed E-state index contributed by atoms with van der Waals surface area (Å²) in [5.74, 6) is 1.62. The fraction of sp³-hybridized carbons (Fsp3) is 0.345. The third-order valence-electron chi connectivity index (χ3n) is 8.45. The van der Waals surface area contributed by atoms with Crippen molar-refractivity contribution < 1.29 is 9.90 Å². The second-order valence-corrected chi connectivity index (χ2v) is 11.2. The molecule has 0 spiro atoms. The summed E-state index contributed by atoms with van der Waals surface area (Å²) < 4.78 is 1.76. The van der Waals surface area contributed by atoms with Crippen molar-refractivity contribution in [3.8, 4) is 0 Å². The van der Waals surface area contributed by atoms with Crippen LogP contribution in [0.5, 0.6) is 0 Å². The standard InChI is InChI=1S/C29H30ClN7O2/c30-20-7-5-19(6-8-20)29(39)11-14-36(15-12-29)24-2-1-13-37-26(24)34-28(35-37)32-21-9-3-18(4-10-21)27(38)33-25-22-16-31-17-23(22)25/h1-10,13,22-23,25,31,39H,11-12,14-17H2,(H,32,35)(H,33,38)/t22-,23+,25+. The number of nitrogens with zero attached hydrogens (tertiary/aromatic N) is 4. The van der Waals surface area contributed by atoms with Crippen LogP contribution < -0.4 is 20.9 Å². The molecule has 2 aromatic carbocycles. The van der Waals surface area contributed by atoms with Crippen molar-refractivity contribution in [1.82, 2.24) is 25.2 Å². The molecule has 1 aliphatic carbocycles. The Morgan fingerprint density at radius 1 is 1.03 bits per heavy atom. The van der Waals surface area contributed by atoms with Gasteiger partial charge in [-0.1, -0.05) is 23.7 Å². The van der Waals surface area contributed by atoms with E-state index in [0.29, 0.717) is 60.3 Å². The summed E-state index contributed by atoms with van der Waals surface area (Å²) in [6.07, 6.45) is 3.09. The average molecular weight is 544 g/mol. The highest BCUT2D eigenvalue weighted by Gasteiger charge is 2.53. The van der Waals surface area contributed by atoms with E-state index in [-0.39, 0.29) is 5.91 Å². The van der Waals surface area contributed by atoms with Gasteiger partial charge in [-0.15, -0.1) is 5.10 Å². The summed E-state index contributed by atoms with van der Waals surface area (Å²) in [7, 11) is 0. The third-order valence-corrected chi connectivity index (χ3v) is 8.70. The van der Waals surface area contributed by atoms with Crippen LogP contribution in [-0.4, -0.2) is 57.8 Å². The first-order chi connectivity index (χ1) is 19.0. The Morgan fingerprint density at radius 2 is 1.74 bits per heavy atom. The Hall–Kier alpha value is -3.66. The van der Waals surface area contributed by atoms with Crippen LogP contribution >= 0.6 is 11.6 Å². The second kappa shape index (κ2) is 9.51. The number of pyridine rings is 1. The first-order valence-corrected chi connectivity index (χ1v) is 13.8. The minimum atomic E-state index is -0.871. The molecule has 200 valence electrons. The molecule has 0 bridgehead atoms. The molecule has 1 amide bonds. The molecule has 7 rings (SSSR count). The molecule has 3 aliphatic rings. The normalized spacial score (nSPS) is 23.4. The highest BCUT2D eigenvalue weighted by molar-refractivity contribution is 6.30. The summed E-state index contributed by atoms with van der Waals surface area (Å²) in [4.78, 5) is 19.6. The lowest BCUT2D eigenvalue weighted by Gasteiger charge is -2.39. The Labute approximate surface area is 231 Å². The molecular weight excluding hydrogens is 514 g/mol. The van der Waals surface area contributed by atoms with E-state index in [1.807, 2.05) is 66.9 Å². The molecule has 3 atom stereocenters. The third kappa shape index (κ3) is 4.60. The molecule has 39 heavy (non-hydrogen) atoms. The van der Waals surface area contributed by atoms with E-state index in [4.69, 9.17) is 16.6 Å². The van der Waals surface area contributed by atoms with Gasteiger partial charge in [-0.05, 0) is 78.8 Å². The van der Waals surface area contributed by atoms with Crippen molar-refractivity contribution in [3.63, 3.8) is 0 Å². The van der Waals surface area contributed by atoms with Crippen molar-refractivity contribution in [2.45, 2.75) is 24.5 Å². The molecule has 3 fully saturated rings. The van der Waals surface area contributed by atoms with Crippen LogP contribution in [0.1, 0.15) is 28.8 Å². The number of nitrogens with one attached hydrogen (secondary N) is 3. The molecule has 4 aromatic rings. The highest BCUT2D eigenvalue weighted by atomic mass is 35.5. The van der Waals surface area contributed by atoms with Gasteiger partial charge in [-0.2, -0.15) is 4.98 Å². The number of rotatable bonds is 6. The molecular formula is C29H30ClN7O2. The minimum absolute atomic E-state index is 0.0269. The molecule has 2 saturated heterocycles. The van der Waals surface area contributed by atoms with Crippen molar-refractivity contribution in [3.05, 3.63) is 83.0 Å². The zero-order chi connectivity index (χ0) is 26.6. The van der Waals surface area contributed by atoms with Gasteiger partial charge in [0.2, 0.25) is 5.95 Å². The quantitative estimate of drug-likeness (QED) is 0.294. The molecule has 2 aliphatic heterocycles.